The van der Waals surface area contributed by atoms with Gasteiger partial charge in [0.1, 0.15) is 5.69 Å². The van der Waals surface area contributed by atoms with Crippen molar-refractivity contribution in [2.45, 2.75) is 17.9 Å². The number of benzene rings is 1. The summed E-state index contributed by atoms with van der Waals surface area (Å²) in [7, 11) is -2.45. The number of ether oxygens (including phenoxy) is 1. The van der Waals surface area contributed by atoms with Gasteiger partial charge in [0.25, 0.3) is 5.69 Å². The molecule has 1 aromatic rings. The summed E-state index contributed by atoms with van der Waals surface area (Å²) in [6.07, 6.45) is -0.141. The summed E-state index contributed by atoms with van der Waals surface area (Å²) in [5.41, 5.74) is -0.142. The van der Waals surface area contributed by atoms with Crippen LogP contribution in [0.2, 0.25) is 0 Å². The zero-order valence-corrected chi connectivity index (χ0v) is 11.3. The number of nitrogens with two attached hydrogens (primary N) is 1. The predicted octanol–water partition coefficient (Wildman–Crippen LogP) is 0.689. The van der Waals surface area contributed by atoms with Crippen LogP contribution in [0.5, 0.6) is 0 Å². The maximum absolute atomic E-state index is 11.1. The van der Waals surface area contributed by atoms with Crippen LogP contribution in [0, 0.1) is 10.1 Å². The van der Waals surface area contributed by atoms with Crippen molar-refractivity contribution in [3.05, 3.63) is 28.3 Å². The minimum Gasteiger partial charge on any atom is -0.380 e. The largest absolute Gasteiger partial charge is 0.380 e. The van der Waals surface area contributed by atoms with Crippen molar-refractivity contribution in [3.8, 4) is 0 Å². The number of hydrogen-bond acceptors (Lipinski definition) is 6. The number of nitro groups is 1. The molecule has 1 atom stereocenters. The van der Waals surface area contributed by atoms with Crippen molar-refractivity contribution >= 4 is 21.4 Å². The Morgan fingerprint density at radius 2 is 2.16 bits per heavy atom. The molecule has 0 fully saturated rings. The molecule has 106 valence electrons. The molecule has 3 N–H and O–H groups in total. The third kappa shape index (κ3) is 4.16. The quantitative estimate of drug-likeness (QED) is 0.586. The van der Waals surface area contributed by atoms with E-state index in [2.05, 4.69) is 5.32 Å². The van der Waals surface area contributed by atoms with E-state index in [9.17, 15) is 18.5 Å². The van der Waals surface area contributed by atoms with Gasteiger partial charge in [0.05, 0.1) is 15.9 Å². The fourth-order valence-corrected chi connectivity index (χ4v) is 1.86. The summed E-state index contributed by atoms with van der Waals surface area (Å²) >= 11 is 0. The van der Waals surface area contributed by atoms with E-state index in [4.69, 9.17) is 9.88 Å². The number of anilines is 1. The van der Waals surface area contributed by atoms with Crippen LogP contribution in [0.15, 0.2) is 23.1 Å². The number of hydrogen-bond donors (Lipinski definition) is 2. The zero-order chi connectivity index (χ0) is 14.6. The van der Waals surface area contributed by atoms with Gasteiger partial charge < -0.3 is 10.1 Å². The molecule has 19 heavy (non-hydrogen) atoms. The van der Waals surface area contributed by atoms with Crippen molar-refractivity contribution in [3.63, 3.8) is 0 Å². The monoisotopic (exact) mass is 289 g/mol. The van der Waals surface area contributed by atoms with Gasteiger partial charge in [0.15, 0.2) is 0 Å². The molecule has 0 spiro atoms. The predicted molar refractivity (Wildman–Crippen MR) is 69.4 cm³/mol. The number of nitrogens with zero attached hydrogens (tertiary/aromatic N) is 1. The summed E-state index contributed by atoms with van der Waals surface area (Å²) in [6.45, 7) is 2.14. The molecule has 0 radical (unpaired) electrons. The Balaban J connectivity index is 3.09. The van der Waals surface area contributed by atoms with Crippen LogP contribution in [-0.4, -0.2) is 33.1 Å². The lowest BCUT2D eigenvalue weighted by Crippen LogP contribution is -2.19. The highest BCUT2D eigenvalue weighted by Gasteiger charge is 2.19. The Morgan fingerprint density at radius 1 is 1.53 bits per heavy atom. The van der Waals surface area contributed by atoms with Gasteiger partial charge in [0.2, 0.25) is 10.0 Å². The van der Waals surface area contributed by atoms with Gasteiger partial charge in [-0.15, -0.1) is 0 Å². The molecular formula is C10H15N3O5S. The highest BCUT2D eigenvalue weighted by molar-refractivity contribution is 7.89. The topological polar surface area (TPSA) is 125 Å². The van der Waals surface area contributed by atoms with Crippen molar-refractivity contribution in [2.75, 3.05) is 19.0 Å². The van der Waals surface area contributed by atoms with Crippen molar-refractivity contribution < 1.29 is 18.1 Å². The van der Waals surface area contributed by atoms with E-state index >= 15 is 0 Å². The lowest BCUT2D eigenvalue weighted by Gasteiger charge is -2.12. The lowest BCUT2D eigenvalue weighted by molar-refractivity contribution is -0.384. The molecule has 1 unspecified atom stereocenters. The number of primary sulfonamides is 1. The van der Waals surface area contributed by atoms with Gasteiger partial charge in [-0.25, -0.2) is 13.6 Å². The minimum atomic E-state index is -3.97. The van der Waals surface area contributed by atoms with Crippen LogP contribution < -0.4 is 10.5 Å². The summed E-state index contributed by atoms with van der Waals surface area (Å²) in [5, 5.41) is 18.7. The van der Waals surface area contributed by atoms with Crippen LogP contribution in [0.3, 0.4) is 0 Å². The first kappa shape index (κ1) is 15.3. The van der Waals surface area contributed by atoms with Crippen molar-refractivity contribution in [1.82, 2.24) is 0 Å². The molecule has 0 aliphatic heterocycles. The first-order chi connectivity index (χ1) is 8.75. The Morgan fingerprint density at radius 3 is 2.63 bits per heavy atom. The van der Waals surface area contributed by atoms with E-state index in [-0.39, 0.29) is 22.4 Å². The Kier molecular flexibility index (Phi) is 4.81. The molecule has 1 aromatic carbocycles. The highest BCUT2D eigenvalue weighted by Crippen LogP contribution is 2.27. The molecule has 0 bridgehead atoms. The third-order valence-corrected chi connectivity index (χ3v) is 3.39. The standard InChI is InChI=1S/C10H15N3O5S/c1-7(18-2)6-12-9-4-3-8(19(11,16)17)5-10(9)13(14)15/h3-5,7,12H,6H2,1-2H3,(H2,11,16,17). The Labute approximate surface area is 110 Å². The van der Waals surface area contributed by atoms with Gasteiger partial charge in [-0.05, 0) is 19.1 Å². The average molecular weight is 289 g/mol. The van der Waals surface area contributed by atoms with E-state index in [1.54, 1.807) is 6.92 Å². The van der Waals surface area contributed by atoms with E-state index in [0.29, 0.717) is 6.54 Å². The van der Waals surface area contributed by atoms with Gasteiger partial charge in [-0.3, -0.25) is 10.1 Å². The summed E-state index contributed by atoms with van der Waals surface area (Å²) < 4.78 is 27.3. The second-order valence-corrected chi connectivity index (χ2v) is 5.47. The molecular weight excluding hydrogens is 274 g/mol. The zero-order valence-electron chi connectivity index (χ0n) is 10.5. The van der Waals surface area contributed by atoms with E-state index in [0.717, 1.165) is 6.07 Å². The maximum Gasteiger partial charge on any atom is 0.293 e. The second-order valence-electron chi connectivity index (χ2n) is 3.91. The molecule has 0 aliphatic carbocycles. The van der Waals surface area contributed by atoms with Crippen LogP contribution in [0.1, 0.15) is 6.92 Å². The van der Waals surface area contributed by atoms with Gasteiger partial charge in [0, 0.05) is 19.7 Å². The Bertz CT molecular complexity index is 573. The fraction of sp³-hybridized carbons (Fsp3) is 0.400. The number of methoxy groups -OCH3 is 1. The third-order valence-electron chi connectivity index (χ3n) is 2.48. The molecule has 9 heteroatoms. The summed E-state index contributed by atoms with van der Waals surface area (Å²) in [5.74, 6) is 0. The van der Waals surface area contributed by atoms with Crippen LogP contribution in [0.4, 0.5) is 11.4 Å². The van der Waals surface area contributed by atoms with Gasteiger partial charge >= 0.3 is 0 Å². The number of nitro benzene ring substituents is 1. The maximum atomic E-state index is 11.1. The highest BCUT2D eigenvalue weighted by atomic mass is 32.2. The number of nitrogens with one attached hydrogen (secondary N) is 1. The molecule has 0 saturated heterocycles. The fourth-order valence-electron chi connectivity index (χ4n) is 1.33. The van der Waals surface area contributed by atoms with Crippen molar-refractivity contribution in [2.24, 2.45) is 5.14 Å². The first-order valence-corrected chi connectivity index (χ1v) is 6.88. The molecule has 1 rings (SSSR count). The molecule has 0 aromatic heterocycles. The molecule has 0 heterocycles. The summed E-state index contributed by atoms with van der Waals surface area (Å²) in [6, 6.07) is 3.44. The second kappa shape index (κ2) is 5.95. The van der Waals surface area contributed by atoms with E-state index < -0.39 is 14.9 Å². The van der Waals surface area contributed by atoms with E-state index in [1.807, 2.05) is 0 Å². The van der Waals surface area contributed by atoms with Crippen molar-refractivity contribution in [1.29, 1.82) is 0 Å². The van der Waals surface area contributed by atoms with Crippen LogP contribution >= 0.6 is 0 Å². The molecule has 0 saturated carbocycles. The lowest BCUT2D eigenvalue weighted by atomic mass is 10.2. The summed E-state index contributed by atoms with van der Waals surface area (Å²) in [4.78, 5) is 9.94. The van der Waals surface area contributed by atoms with Gasteiger partial charge in [-0.2, -0.15) is 0 Å². The SMILES string of the molecule is COC(C)CNc1ccc(S(N)(=O)=O)cc1[N+](=O)[O-]. The molecule has 0 amide bonds. The Hall–Kier alpha value is -1.71. The smallest absolute Gasteiger partial charge is 0.293 e. The minimum absolute atomic E-state index is 0.141. The normalized spacial score (nSPS) is 13.0. The van der Waals surface area contributed by atoms with Gasteiger partial charge in [-0.1, -0.05) is 0 Å². The van der Waals surface area contributed by atoms with Crippen LogP contribution in [-0.2, 0) is 14.8 Å². The van der Waals surface area contributed by atoms with E-state index in [1.165, 1.54) is 19.2 Å². The first-order valence-electron chi connectivity index (χ1n) is 5.33. The average Bonchev–Trinajstić information content (AvgIpc) is 2.34. The van der Waals surface area contributed by atoms with Crippen LogP contribution in [0.25, 0.3) is 0 Å². The number of rotatable bonds is 6. The number of sulfonamides is 1. The molecule has 0 aliphatic rings. The molecule has 8 nitrogen and oxygen atoms in total.